The molecule has 0 saturated carbocycles. The highest BCUT2D eigenvalue weighted by Gasteiger charge is 2.08. The molecule has 112 valence electrons. The Labute approximate surface area is 129 Å². The zero-order valence-corrected chi connectivity index (χ0v) is 12.9. The summed E-state index contributed by atoms with van der Waals surface area (Å²) in [6.07, 6.45) is 1.54. The largest absolute Gasteiger partial charge is 0.364 e. The minimum absolute atomic E-state index is 0.0961. The first-order valence-electron chi connectivity index (χ1n) is 6.88. The number of aliphatic imine (C=N–C) groups is 1. The SMILES string of the molecule is CCNC(=NCc1ccon1)NC(C)c1cccc(Cl)c1. The number of benzene rings is 1. The van der Waals surface area contributed by atoms with Crippen molar-refractivity contribution >= 4 is 17.6 Å². The molecule has 1 heterocycles. The van der Waals surface area contributed by atoms with Crippen molar-refractivity contribution in [3.63, 3.8) is 0 Å². The molecule has 0 bridgehead atoms. The van der Waals surface area contributed by atoms with Crippen LogP contribution in [0.5, 0.6) is 0 Å². The summed E-state index contributed by atoms with van der Waals surface area (Å²) in [4.78, 5) is 4.48. The summed E-state index contributed by atoms with van der Waals surface area (Å²) in [5, 5.41) is 11.1. The van der Waals surface area contributed by atoms with Gasteiger partial charge in [0.15, 0.2) is 5.96 Å². The van der Waals surface area contributed by atoms with Crippen LogP contribution in [0.4, 0.5) is 0 Å². The van der Waals surface area contributed by atoms with Gasteiger partial charge in [-0.2, -0.15) is 0 Å². The van der Waals surface area contributed by atoms with Crippen molar-refractivity contribution in [2.45, 2.75) is 26.4 Å². The summed E-state index contributed by atoms with van der Waals surface area (Å²) >= 11 is 6.02. The lowest BCUT2D eigenvalue weighted by Crippen LogP contribution is -2.38. The highest BCUT2D eigenvalue weighted by atomic mass is 35.5. The molecule has 2 N–H and O–H groups in total. The van der Waals surface area contributed by atoms with Crippen molar-refractivity contribution in [1.82, 2.24) is 15.8 Å². The molecular weight excluding hydrogens is 288 g/mol. The predicted molar refractivity (Wildman–Crippen MR) is 84.3 cm³/mol. The van der Waals surface area contributed by atoms with Gasteiger partial charge in [0.25, 0.3) is 0 Å². The fourth-order valence-corrected chi connectivity index (χ4v) is 2.06. The van der Waals surface area contributed by atoms with E-state index >= 15 is 0 Å². The molecule has 0 spiro atoms. The minimum atomic E-state index is 0.0961. The first-order valence-corrected chi connectivity index (χ1v) is 7.26. The summed E-state index contributed by atoms with van der Waals surface area (Å²) in [6.45, 7) is 5.34. The van der Waals surface area contributed by atoms with E-state index in [1.807, 2.05) is 31.2 Å². The minimum Gasteiger partial charge on any atom is -0.364 e. The number of hydrogen-bond donors (Lipinski definition) is 2. The topological polar surface area (TPSA) is 62.5 Å². The molecule has 1 aromatic heterocycles. The molecule has 0 aliphatic heterocycles. The second-order valence-corrected chi connectivity index (χ2v) is 5.04. The summed E-state index contributed by atoms with van der Waals surface area (Å²) in [5.41, 5.74) is 1.90. The van der Waals surface area contributed by atoms with Crippen molar-refractivity contribution in [3.05, 3.63) is 52.9 Å². The number of hydrogen-bond acceptors (Lipinski definition) is 3. The Morgan fingerprint density at radius 1 is 1.43 bits per heavy atom. The molecule has 0 amide bonds. The summed E-state index contributed by atoms with van der Waals surface area (Å²) in [6, 6.07) is 9.68. The Hall–Kier alpha value is -2.01. The number of aromatic nitrogens is 1. The third-order valence-corrected chi connectivity index (χ3v) is 3.17. The van der Waals surface area contributed by atoms with E-state index in [0.29, 0.717) is 6.54 Å². The highest BCUT2D eigenvalue weighted by molar-refractivity contribution is 6.30. The first-order chi connectivity index (χ1) is 10.2. The lowest BCUT2D eigenvalue weighted by molar-refractivity contribution is 0.412. The van der Waals surface area contributed by atoms with E-state index in [4.69, 9.17) is 16.1 Å². The second-order valence-electron chi connectivity index (χ2n) is 4.61. The molecule has 1 unspecified atom stereocenters. The third-order valence-electron chi connectivity index (χ3n) is 2.94. The van der Waals surface area contributed by atoms with Crippen LogP contribution in [-0.4, -0.2) is 17.7 Å². The standard InChI is InChI=1S/C15H19ClN4O/c1-3-17-15(18-10-14-7-8-21-20-14)19-11(2)12-5-4-6-13(16)9-12/h4-9,11H,3,10H2,1-2H3,(H2,17,18,19). The normalized spacial score (nSPS) is 13.0. The number of halogens is 1. The van der Waals surface area contributed by atoms with E-state index in [1.54, 1.807) is 12.3 Å². The lowest BCUT2D eigenvalue weighted by atomic mass is 10.1. The first kappa shape index (κ1) is 15.4. The number of rotatable bonds is 5. The monoisotopic (exact) mass is 306 g/mol. The summed E-state index contributed by atoms with van der Waals surface area (Å²) < 4.78 is 4.80. The highest BCUT2D eigenvalue weighted by Crippen LogP contribution is 2.17. The Kier molecular flexibility index (Phi) is 5.63. The Morgan fingerprint density at radius 3 is 2.95 bits per heavy atom. The fraction of sp³-hybridized carbons (Fsp3) is 0.333. The molecule has 2 aromatic rings. The number of nitrogens with one attached hydrogen (secondary N) is 2. The summed E-state index contributed by atoms with van der Waals surface area (Å²) in [7, 11) is 0. The maximum Gasteiger partial charge on any atom is 0.192 e. The van der Waals surface area contributed by atoms with Crippen LogP contribution in [0.3, 0.4) is 0 Å². The molecule has 1 aromatic carbocycles. The van der Waals surface area contributed by atoms with Crippen LogP contribution in [0, 0.1) is 0 Å². The van der Waals surface area contributed by atoms with Crippen LogP contribution in [0.15, 0.2) is 46.1 Å². The molecule has 0 radical (unpaired) electrons. The van der Waals surface area contributed by atoms with Crippen LogP contribution in [0.2, 0.25) is 5.02 Å². The molecule has 0 aliphatic rings. The van der Waals surface area contributed by atoms with Gasteiger partial charge in [0.1, 0.15) is 12.0 Å². The zero-order chi connectivity index (χ0) is 15.1. The smallest absolute Gasteiger partial charge is 0.192 e. The van der Waals surface area contributed by atoms with Crippen LogP contribution in [0.1, 0.15) is 31.1 Å². The van der Waals surface area contributed by atoms with E-state index in [2.05, 4.69) is 27.7 Å². The average molecular weight is 307 g/mol. The van der Waals surface area contributed by atoms with E-state index in [1.165, 1.54) is 0 Å². The van der Waals surface area contributed by atoms with Crippen LogP contribution < -0.4 is 10.6 Å². The van der Waals surface area contributed by atoms with Gasteiger partial charge in [0, 0.05) is 17.6 Å². The van der Waals surface area contributed by atoms with Gasteiger partial charge in [-0.25, -0.2) is 4.99 Å². The average Bonchev–Trinajstić information content (AvgIpc) is 2.98. The Balaban J connectivity index is 2.03. The zero-order valence-electron chi connectivity index (χ0n) is 12.1. The van der Waals surface area contributed by atoms with Gasteiger partial charge in [-0.1, -0.05) is 28.9 Å². The van der Waals surface area contributed by atoms with Gasteiger partial charge >= 0.3 is 0 Å². The van der Waals surface area contributed by atoms with Gasteiger partial charge in [0.2, 0.25) is 0 Å². The molecule has 0 saturated heterocycles. The van der Waals surface area contributed by atoms with Crippen molar-refractivity contribution in [3.8, 4) is 0 Å². The van der Waals surface area contributed by atoms with Gasteiger partial charge in [0.05, 0.1) is 12.6 Å². The molecule has 0 fully saturated rings. The Bertz CT molecular complexity index is 583. The molecule has 1 atom stereocenters. The van der Waals surface area contributed by atoms with Crippen molar-refractivity contribution in [2.24, 2.45) is 4.99 Å². The van der Waals surface area contributed by atoms with Gasteiger partial charge in [-0.3, -0.25) is 0 Å². The Morgan fingerprint density at radius 2 is 2.29 bits per heavy atom. The fourth-order valence-electron chi connectivity index (χ4n) is 1.86. The maximum atomic E-state index is 6.02. The van der Waals surface area contributed by atoms with Gasteiger partial charge in [-0.15, -0.1) is 0 Å². The second kappa shape index (κ2) is 7.69. The van der Waals surface area contributed by atoms with Gasteiger partial charge in [-0.05, 0) is 31.5 Å². The molecule has 5 nitrogen and oxygen atoms in total. The number of nitrogens with zero attached hydrogens (tertiary/aromatic N) is 2. The quantitative estimate of drug-likeness (QED) is 0.658. The molecule has 21 heavy (non-hydrogen) atoms. The van der Waals surface area contributed by atoms with E-state index in [0.717, 1.165) is 28.8 Å². The number of guanidine groups is 1. The molecular formula is C15H19ClN4O. The van der Waals surface area contributed by atoms with Crippen molar-refractivity contribution < 1.29 is 4.52 Å². The predicted octanol–water partition coefficient (Wildman–Crippen LogP) is 3.14. The van der Waals surface area contributed by atoms with Crippen LogP contribution in [-0.2, 0) is 6.54 Å². The molecule has 2 rings (SSSR count). The van der Waals surface area contributed by atoms with E-state index in [-0.39, 0.29) is 6.04 Å². The molecule has 0 aliphatic carbocycles. The van der Waals surface area contributed by atoms with E-state index in [9.17, 15) is 0 Å². The van der Waals surface area contributed by atoms with Crippen LogP contribution in [0.25, 0.3) is 0 Å². The lowest BCUT2D eigenvalue weighted by Gasteiger charge is -2.18. The maximum absolute atomic E-state index is 6.02. The van der Waals surface area contributed by atoms with Crippen LogP contribution >= 0.6 is 11.6 Å². The van der Waals surface area contributed by atoms with Gasteiger partial charge < -0.3 is 15.2 Å². The van der Waals surface area contributed by atoms with Crippen molar-refractivity contribution in [1.29, 1.82) is 0 Å². The summed E-state index contributed by atoms with van der Waals surface area (Å²) in [5.74, 6) is 0.730. The van der Waals surface area contributed by atoms with E-state index < -0.39 is 0 Å². The van der Waals surface area contributed by atoms with Crippen molar-refractivity contribution in [2.75, 3.05) is 6.54 Å². The third kappa shape index (κ3) is 4.79. The molecule has 6 heteroatoms.